The third-order valence-electron chi connectivity index (χ3n) is 3.51. The summed E-state index contributed by atoms with van der Waals surface area (Å²) in [5.41, 5.74) is -0.441. The molecule has 0 aliphatic rings. The lowest BCUT2D eigenvalue weighted by molar-refractivity contribution is 0.0476. The molecule has 1 atom stereocenters. The van der Waals surface area contributed by atoms with Gasteiger partial charge in [0.15, 0.2) is 0 Å². The second kappa shape index (κ2) is 8.49. The first kappa shape index (κ1) is 18.9. The molecule has 0 heterocycles. The molecule has 1 aromatic carbocycles. The summed E-state index contributed by atoms with van der Waals surface area (Å²) in [5.74, 6) is -0.0528. The number of nitrogens with zero attached hydrogens (tertiary/aromatic N) is 1. The summed E-state index contributed by atoms with van der Waals surface area (Å²) < 4.78 is 13.7. The number of aliphatic hydroxyl groups is 1. The van der Waals surface area contributed by atoms with Gasteiger partial charge in [-0.2, -0.15) is 5.26 Å². The van der Waals surface area contributed by atoms with E-state index in [1.807, 2.05) is 6.07 Å². The fraction of sp³-hybridized carbons (Fsp3) is 0.529. The molecule has 5 nitrogen and oxygen atoms in total. The molecule has 0 saturated carbocycles. The third-order valence-corrected chi connectivity index (χ3v) is 3.51. The van der Waals surface area contributed by atoms with Gasteiger partial charge >= 0.3 is 6.03 Å². The molecule has 23 heavy (non-hydrogen) atoms. The van der Waals surface area contributed by atoms with Gasteiger partial charge in [-0.1, -0.05) is 19.9 Å². The van der Waals surface area contributed by atoms with Gasteiger partial charge in [-0.3, -0.25) is 0 Å². The van der Waals surface area contributed by atoms with Crippen molar-refractivity contribution in [2.24, 2.45) is 5.92 Å². The number of nitriles is 1. The Hall–Kier alpha value is -2.13. The van der Waals surface area contributed by atoms with Crippen LogP contribution >= 0.6 is 0 Å². The van der Waals surface area contributed by atoms with Crippen molar-refractivity contribution in [3.63, 3.8) is 0 Å². The zero-order valence-corrected chi connectivity index (χ0v) is 13.8. The van der Waals surface area contributed by atoms with Crippen molar-refractivity contribution in [2.45, 2.75) is 45.8 Å². The molecule has 0 aliphatic carbocycles. The average Bonchev–Trinajstić information content (AvgIpc) is 2.50. The monoisotopic (exact) mass is 321 g/mol. The van der Waals surface area contributed by atoms with Gasteiger partial charge in [-0.15, -0.1) is 0 Å². The number of urea groups is 1. The van der Waals surface area contributed by atoms with Crippen LogP contribution in [-0.4, -0.2) is 23.3 Å². The van der Waals surface area contributed by atoms with Gasteiger partial charge in [-0.25, -0.2) is 9.18 Å². The largest absolute Gasteiger partial charge is 0.388 e. The van der Waals surface area contributed by atoms with Gasteiger partial charge in [0.2, 0.25) is 0 Å². The second-order valence-electron chi connectivity index (χ2n) is 6.38. The number of halogens is 1. The molecule has 126 valence electrons. The lowest BCUT2D eigenvalue weighted by Crippen LogP contribution is -2.44. The highest BCUT2D eigenvalue weighted by atomic mass is 19.1. The SMILES string of the molecule is CC(C)CCC(C)(O)CNC(=O)NCc1ccc(C#N)cc1F. The van der Waals surface area contributed by atoms with Crippen molar-refractivity contribution < 1.29 is 14.3 Å². The van der Waals surface area contributed by atoms with Crippen LogP contribution in [0.1, 0.15) is 44.7 Å². The highest BCUT2D eigenvalue weighted by molar-refractivity contribution is 5.73. The minimum atomic E-state index is -0.971. The van der Waals surface area contributed by atoms with Gasteiger partial charge in [-0.05, 0) is 37.8 Å². The molecule has 0 radical (unpaired) electrons. The smallest absolute Gasteiger partial charge is 0.315 e. The molecule has 1 rings (SSSR count). The Bertz CT molecular complexity index is 580. The van der Waals surface area contributed by atoms with Crippen LogP contribution in [0, 0.1) is 23.1 Å². The molecular weight excluding hydrogens is 297 g/mol. The van der Waals surface area contributed by atoms with Crippen LogP contribution in [0.3, 0.4) is 0 Å². The van der Waals surface area contributed by atoms with Crippen LogP contribution in [0.2, 0.25) is 0 Å². The summed E-state index contributed by atoms with van der Waals surface area (Å²) in [6.07, 6.45) is 1.46. The summed E-state index contributed by atoms with van der Waals surface area (Å²) in [6, 6.07) is 5.47. The van der Waals surface area contributed by atoms with Crippen molar-refractivity contribution in [1.29, 1.82) is 5.26 Å². The maximum atomic E-state index is 13.7. The van der Waals surface area contributed by atoms with Crippen molar-refractivity contribution in [2.75, 3.05) is 6.54 Å². The minimum Gasteiger partial charge on any atom is -0.388 e. The zero-order chi connectivity index (χ0) is 17.5. The molecule has 6 heteroatoms. The first-order valence-corrected chi connectivity index (χ1v) is 7.66. The second-order valence-corrected chi connectivity index (χ2v) is 6.38. The maximum Gasteiger partial charge on any atom is 0.315 e. The number of hydrogen-bond donors (Lipinski definition) is 3. The highest BCUT2D eigenvalue weighted by Gasteiger charge is 2.21. The molecule has 0 saturated heterocycles. The van der Waals surface area contributed by atoms with Crippen molar-refractivity contribution >= 4 is 6.03 Å². The Morgan fingerprint density at radius 3 is 2.70 bits per heavy atom. The van der Waals surface area contributed by atoms with Crippen LogP contribution in [0.25, 0.3) is 0 Å². The van der Waals surface area contributed by atoms with Crippen LogP contribution in [0.5, 0.6) is 0 Å². The predicted molar refractivity (Wildman–Crippen MR) is 86.0 cm³/mol. The van der Waals surface area contributed by atoms with E-state index in [0.29, 0.717) is 17.9 Å². The third kappa shape index (κ3) is 7.11. The Kier molecular flexibility index (Phi) is 6.98. The van der Waals surface area contributed by atoms with Crippen LogP contribution in [0.15, 0.2) is 18.2 Å². The molecule has 3 N–H and O–H groups in total. The number of rotatable bonds is 7. The Morgan fingerprint density at radius 2 is 2.13 bits per heavy atom. The van der Waals surface area contributed by atoms with Crippen molar-refractivity contribution in [1.82, 2.24) is 10.6 Å². The fourth-order valence-corrected chi connectivity index (χ4v) is 1.96. The van der Waals surface area contributed by atoms with Gasteiger partial charge < -0.3 is 15.7 Å². The summed E-state index contributed by atoms with van der Waals surface area (Å²) in [4.78, 5) is 11.7. The predicted octanol–water partition coefficient (Wildman–Crippen LogP) is 2.68. The van der Waals surface area contributed by atoms with E-state index in [-0.39, 0.29) is 18.7 Å². The van der Waals surface area contributed by atoms with E-state index in [1.54, 1.807) is 6.92 Å². The van der Waals surface area contributed by atoms with E-state index in [0.717, 1.165) is 12.5 Å². The van der Waals surface area contributed by atoms with Gasteiger partial charge in [0.25, 0.3) is 0 Å². The van der Waals surface area contributed by atoms with Crippen LogP contribution < -0.4 is 10.6 Å². The zero-order valence-electron chi connectivity index (χ0n) is 13.8. The number of nitrogens with one attached hydrogen (secondary N) is 2. The Morgan fingerprint density at radius 1 is 1.43 bits per heavy atom. The standard InChI is InChI=1S/C17H24FN3O2/c1-12(2)6-7-17(3,23)11-21-16(22)20-10-14-5-4-13(9-19)8-15(14)18/h4-5,8,12,23H,6-7,10-11H2,1-3H3,(H2,20,21,22). The van der Waals surface area contributed by atoms with Gasteiger partial charge in [0.05, 0.1) is 17.2 Å². The average molecular weight is 321 g/mol. The Balaban J connectivity index is 2.41. The van der Waals surface area contributed by atoms with E-state index in [9.17, 15) is 14.3 Å². The lowest BCUT2D eigenvalue weighted by atomic mass is 9.95. The molecular formula is C17H24FN3O2. The molecule has 0 aliphatic heterocycles. The summed E-state index contributed by atoms with van der Waals surface area (Å²) in [7, 11) is 0. The molecule has 1 aromatic rings. The van der Waals surface area contributed by atoms with E-state index < -0.39 is 17.4 Å². The Labute approximate surface area is 136 Å². The van der Waals surface area contributed by atoms with Crippen molar-refractivity contribution in [3.05, 3.63) is 35.1 Å². The maximum absolute atomic E-state index is 13.7. The van der Waals surface area contributed by atoms with Crippen LogP contribution in [0.4, 0.5) is 9.18 Å². The van der Waals surface area contributed by atoms with Gasteiger partial charge in [0, 0.05) is 18.7 Å². The van der Waals surface area contributed by atoms with E-state index in [2.05, 4.69) is 24.5 Å². The molecule has 1 unspecified atom stereocenters. The minimum absolute atomic E-state index is 0.0114. The number of benzene rings is 1. The van der Waals surface area contributed by atoms with E-state index >= 15 is 0 Å². The van der Waals surface area contributed by atoms with Crippen LogP contribution in [-0.2, 0) is 6.54 Å². The number of carbonyl (C=O) groups is 1. The molecule has 0 bridgehead atoms. The van der Waals surface area contributed by atoms with E-state index in [1.165, 1.54) is 12.1 Å². The molecule has 0 spiro atoms. The normalized spacial score (nSPS) is 13.3. The van der Waals surface area contributed by atoms with E-state index in [4.69, 9.17) is 5.26 Å². The summed E-state index contributed by atoms with van der Waals surface area (Å²) in [6.45, 7) is 5.96. The number of amides is 2. The van der Waals surface area contributed by atoms with Crippen molar-refractivity contribution in [3.8, 4) is 6.07 Å². The molecule has 0 aromatic heterocycles. The van der Waals surface area contributed by atoms with Gasteiger partial charge in [0.1, 0.15) is 5.82 Å². The quantitative estimate of drug-likeness (QED) is 0.722. The summed E-state index contributed by atoms with van der Waals surface area (Å²) in [5, 5.41) is 24.0. The fourth-order valence-electron chi connectivity index (χ4n) is 1.96. The number of hydrogen-bond acceptors (Lipinski definition) is 3. The first-order valence-electron chi connectivity index (χ1n) is 7.66. The molecule has 0 fully saturated rings. The summed E-state index contributed by atoms with van der Waals surface area (Å²) >= 11 is 0. The first-order chi connectivity index (χ1) is 10.7. The highest BCUT2D eigenvalue weighted by Crippen LogP contribution is 2.15. The topological polar surface area (TPSA) is 85.2 Å². The molecule has 2 amide bonds. The lowest BCUT2D eigenvalue weighted by Gasteiger charge is -2.24. The number of carbonyl (C=O) groups excluding carboxylic acids is 1.